The molecule has 15 heavy (non-hydrogen) atoms. The molecule has 1 heterocycles. The summed E-state index contributed by atoms with van der Waals surface area (Å²) < 4.78 is 39.0. The van der Waals surface area contributed by atoms with Gasteiger partial charge >= 0.3 is 6.36 Å². The van der Waals surface area contributed by atoms with Gasteiger partial charge in [0.05, 0.1) is 0 Å². The van der Waals surface area contributed by atoms with Crippen LogP contribution in [0.2, 0.25) is 0 Å². The Morgan fingerprint density at radius 2 is 2.13 bits per heavy atom. The molecule has 0 atom stereocenters. The Kier molecular flexibility index (Phi) is 2.57. The molecule has 0 saturated carbocycles. The zero-order valence-corrected chi connectivity index (χ0v) is 7.05. The lowest BCUT2D eigenvalue weighted by molar-refractivity contribution is -0.274. The van der Waals surface area contributed by atoms with Crippen LogP contribution in [0.5, 0.6) is 5.75 Å². The predicted molar refractivity (Wildman–Crippen MR) is 42.9 cm³/mol. The first kappa shape index (κ1) is 10.9. The topological polar surface area (TPSA) is 91.9 Å². The minimum atomic E-state index is -4.95. The van der Waals surface area contributed by atoms with E-state index in [9.17, 15) is 18.0 Å². The van der Waals surface area contributed by atoms with Crippen LogP contribution in [0.25, 0.3) is 0 Å². The molecule has 0 spiro atoms. The first-order chi connectivity index (χ1) is 6.83. The van der Waals surface area contributed by atoms with Crippen LogP contribution < -0.4 is 16.0 Å². The summed E-state index contributed by atoms with van der Waals surface area (Å²) >= 11 is 0. The number of ether oxygens (including phenoxy) is 1. The zero-order chi connectivity index (χ0) is 11.6. The average Bonchev–Trinajstić information content (AvgIpc) is 2.08. The predicted octanol–water partition coefficient (Wildman–Crippen LogP) is 0.727. The van der Waals surface area contributed by atoms with Gasteiger partial charge in [-0.3, -0.25) is 4.79 Å². The Morgan fingerprint density at radius 3 is 2.60 bits per heavy atom. The number of anilines is 1. The molecule has 3 N–H and O–H groups in total. The van der Waals surface area contributed by atoms with Gasteiger partial charge in [0.2, 0.25) is 0 Å². The highest BCUT2D eigenvalue weighted by molar-refractivity contribution is 5.47. The number of rotatable bonds is 1. The molecule has 0 aliphatic carbocycles. The van der Waals surface area contributed by atoms with Crippen molar-refractivity contribution in [3.8, 4) is 11.8 Å². The number of hydrogen-bond acceptors (Lipinski definition) is 4. The second kappa shape index (κ2) is 3.53. The number of H-pyrrole nitrogens is 1. The van der Waals surface area contributed by atoms with E-state index in [1.807, 2.05) is 4.98 Å². The van der Waals surface area contributed by atoms with Crippen LogP contribution in [-0.2, 0) is 0 Å². The molecule has 0 fully saturated rings. The smallest absolute Gasteiger partial charge is 0.403 e. The fourth-order valence-corrected chi connectivity index (χ4v) is 0.814. The van der Waals surface area contributed by atoms with Crippen molar-refractivity contribution < 1.29 is 17.9 Å². The van der Waals surface area contributed by atoms with Crippen molar-refractivity contribution in [3.63, 3.8) is 0 Å². The van der Waals surface area contributed by atoms with Crippen LogP contribution >= 0.6 is 0 Å². The molecule has 0 aliphatic rings. The molecule has 1 rings (SSSR count). The highest BCUT2D eigenvalue weighted by atomic mass is 19.4. The summed E-state index contributed by atoms with van der Waals surface area (Å²) in [6, 6.07) is 1.99. The number of nitrogens with two attached hydrogens (primary N) is 1. The molecule has 0 aliphatic heterocycles. The van der Waals surface area contributed by atoms with Crippen LogP contribution in [0.15, 0.2) is 10.9 Å². The lowest BCUT2D eigenvalue weighted by Gasteiger charge is -2.09. The van der Waals surface area contributed by atoms with E-state index < -0.39 is 29.1 Å². The van der Waals surface area contributed by atoms with Crippen molar-refractivity contribution in [2.24, 2.45) is 0 Å². The van der Waals surface area contributed by atoms with Gasteiger partial charge in [-0.15, -0.1) is 13.2 Å². The highest BCUT2D eigenvalue weighted by Crippen LogP contribution is 2.25. The molecular formula is C7H4F3N3O2. The number of halogens is 3. The molecule has 0 saturated heterocycles. The lowest BCUT2D eigenvalue weighted by atomic mass is 10.3. The quantitative estimate of drug-likeness (QED) is 0.728. The zero-order valence-electron chi connectivity index (χ0n) is 7.05. The maximum atomic E-state index is 11.8. The van der Waals surface area contributed by atoms with E-state index >= 15 is 0 Å². The van der Waals surface area contributed by atoms with E-state index in [0.29, 0.717) is 6.07 Å². The molecule has 0 unspecified atom stereocenters. The average molecular weight is 219 g/mol. The number of aromatic amines is 1. The van der Waals surface area contributed by atoms with Crippen LogP contribution in [0.4, 0.5) is 18.9 Å². The molecule has 0 aromatic carbocycles. The number of aromatic nitrogens is 1. The van der Waals surface area contributed by atoms with Crippen molar-refractivity contribution in [1.29, 1.82) is 5.26 Å². The summed E-state index contributed by atoms with van der Waals surface area (Å²) in [5.74, 6) is -0.831. The first-order valence-corrected chi connectivity index (χ1v) is 3.52. The Labute approximate surface area is 80.9 Å². The number of pyridine rings is 1. The Bertz CT molecular complexity index is 472. The molecule has 80 valence electrons. The monoisotopic (exact) mass is 219 g/mol. The third kappa shape index (κ3) is 2.63. The van der Waals surface area contributed by atoms with Gasteiger partial charge < -0.3 is 15.5 Å². The number of nitrogens with zero attached hydrogens (tertiary/aromatic N) is 1. The summed E-state index contributed by atoms with van der Waals surface area (Å²) in [6.07, 6.45) is -4.95. The van der Waals surface area contributed by atoms with Gasteiger partial charge in [-0.2, -0.15) is 5.26 Å². The molecular weight excluding hydrogens is 215 g/mol. The number of alkyl halides is 3. The number of nitrogen functional groups attached to an aromatic ring is 1. The second-order valence-corrected chi connectivity index (χ2v) is 2.45. The third-order valence-electron chi connectivity index (χ3n) is 1.37. The van der Waals surface area contributed by atoms with E-state index in [4.69, 9.17) is 11.0 Å². The molecule has 0 radical (unpaired) electrons. The van der Waals surface area contributed by atoms with Crippen molar-refractivity contribution in [1.82, 2.24) is 4.98 Å². The SMILES string of the molecule is N#Cc1[nH]c(=O)c(N)cc1OC(F)(F)F. The summed E-state index contributed by atoms with van der Waals surface area (Å²) in [5.41, 5.74) is 3.12. The summed E-state index contributed by atoms with van der Waals surface area (Å²) in [5, 5.41) is 8.42. The summed E-state index contributed by atoms with van der Waals surface area (Å²) in [6.45, 7) is 0. The highest BCUT2D eigenvalue weighted by Gasteiger charge is 2.32. The Hall–Kier alpha value is -2.17. The molecule has 5 nitrogen and oxygen atoms in total. The van der Waals surface area contributed by atoms with Gasteiger partial charge in [0.25, 0.3) is 5.56 Å². The fraction of sp³-hybridized carbons (Fsp3) is 0.143. The largest absolute Gasteiger partial charge is 0.573 e. The van der Waals surface area contributed by atoms with E-state index in [-0.39, 0.29) is 0 Å². The summed E-state index contributed by atoms with van der Waals surface area (Å²) in [7, 11) is 0. The first-order valence-electron chi connectivity index (χ1n) is 3.52. The maximum Gasteiger partial charge on any atom is 0.573 e. The minimum absolute atomic E-state index is 0.465. The van der Waals surface area contributed by atoms with Crippen molar-refractivity contribution in [2.75, 3.05) is 5.73 Å². The number of nitriles is 1. The van der Waals surface area contributed by atoms with E-state index in [1.165, 1.54) is 6.07 Å². The van der Waals surface area contributed by atoms with Crippen LogP contribution in [-0.4, -0.2) is 11.3 Å². The van der Waals surface area contributed by atoms with Gasteiger partial charge in [-0.1, -0.05) is 0 Å². The van der Waals surface area contributed by atoms with E-state index in [2.05, 4.69) is 4.74 Å². The molecule has 8 heteroatoms. The van der Waals surface area contributed by atoms with Crippen molar-refractivity contribution >= 4 is 5.69 Å². The van der Waals surface area contributed by atoms with Crippen LogP contribution in [0.3, 0.4) is 0 Å². The second-order valence-electron chi connectivity index (χ2n) is 2.45. The van der Waals surface area contributed by atoms with Crippen molar-refractivity contribution in [3.05, 3.63) is 22.1 Å². The van der Waals surface area contributed by atoms with Crippen molar-refractivity contribution in [2.45, 2.75) is 6.36 Å². The van der Waals surface area contributed by atoms with Gasteiger partial charge in [0, 0.05) is 6.07 Å². The van der Waals surface area contributed by atoms with E-state index in [1.54, 1.807) is 0 Å². The van der Waals surface area contributed by atoms with Crippen LogP contribution in [0, 0.1) is 11.3 Å². The van der Waals surface area contributed by atoms with Gasteiger partial charge in [0.15, 0.2) is 11.4 Å². The molecule has 1 aromatic heterocycles. The minimum Gasteiger partial charge on any atom is -0.403 e. The standard InChI is InChI=1S/C7H4F3N3O2/c8-7(9,10)15-5-1-3(12)6(14)13-4(5)2-11/h1H,12H2,(H,13,14). The fourth-order valence-electron chi connectivity index (χ4n) is 0.814. The molecule has 0 amide bonds. The molecule has 1 aromatic rings. The molecule has 0 bridgehead atoms. The Morgan fingerprint density at radius 1 is 1.53 bits per heavy atom. The number of nitrogens with one attached hydrogen (secondary N) is 1. The normalized spacial score (nSPS) is 10.8. The number of hydrogen-bond donors (Lipinski definition) is 2. The van der Waals surface area contributed by atoms with Crippen LogP contribution in [0.1, 0.15) is 5.69 Å². The van der Waals surface area contributed by atoms with E-state index in [0.717, 1.165) is 0 Å². The maximum absolute atomic E-state index is 11.8. The van der Waals surface area contributed by atoms with Gasteiger partial charge in [-0.05, 0) is 0 Å². The third-order valence-corrected chi connectivity index (χ3v) is 1.37. The van der Waals surface area contributed by atoms with Gasteiger partial charge in [-0.25, -0.2) is 0 Å². The lowest BCUT2D eigenvalue weighted by Crippen LogP contribution is -2.21. The Balaban J connectivity index is 3.24. The summed E-state index contributed by atoms with van der Waals surface area (Å²) in [4.78, 5) is 12.7. The van der Waals surface area contributed by atoms with Gasteiger partial charge in [0.1, 0.15) is 11.8 Å².